The highest BCUT2D eigenvalue weighted by atomic mass is 32.2. The van der Waals surface area contributed by atoms with Crippen molar-refractivity contribution in [2.75, 3.05) is 16.4 Å². The summed E-state index contributed by atoms with van der Waals surface area (Å²) in [5, 5.41) is 9.36. The fourth-order valence-corrected chi connectivity index (χ4v) is 6.25. The maximum atomic E-state index is 13.3. The van der Waals surface area contributed by atoms with Crippen molar-refractivity contribution in [2.24, 2.45) is 0 Å². The number of fused-ring (bicyclic) bond motifs is 1. The van der Waals surface area contributed by atoms with Gasteiger partial charge in [-0.3, -0.25) is 4.90 Å². The molecule has 2 aliphatic heterocycles. The Kier molecular flexibility index (Phi) is 4.39. The summed E-state index contributed by atoms with van der Waals surface area (Å²) in [7, 11) is -3.23. The highest BCUT2D eigenvalue weighted by Crippen LogP contribution is 2.36. The second kappa shape index (κ2) is 6.64. The van der Waals surface area contributed by atoms with Gasteiger partial charge in [-0.2, -0.15) is 5.26 Å². The molecule has 2 heterocycles. The predicted molar refractivity (Wildman–Crippen MR) is 107 cm³/mol. The normalized spacial score (nSPS) is 23.0. The van der Waals surface area contributed by atoms with Crippen LogP contribution in [0.25, 0.3) is 0 Å². The second-order valence-corrected chi connectivity index (χ2v) is 9.76. The Morgan fingerprint density at radius 2 is 1.71 bits per heavy atom. The van der Waals surface area contributed by atoms with Crippen LogP contribution in [0.1, 0.15) is 22.3 Å². The molecular weight excluding hydrogens is 374 g/mol. The fraction of sp³-hybridized carbons (Fsp3) is 0.333. The van der Waals surface area contributed by atoms with Gasteiger partial charge in [-0.25, -0.2) is 13.2 Å². The van der Waals surface area contributed by atoms with Crippen LogP contribution in [-0.2, 0) is 16.4 Å². The van der Waals surface area contributed by atoms with Gasteiger partial charge in [0, 0.05) is 12.2 Å². The zero-order chi connectivity index (χ0) is 20.1. The lowest BCUT2D eigenvalue weighted by molar-refractivity contribution is 0.206. The van der Waals surface area contributed by atoms with E-state index >= 15 is 0 Å². The van der Waals surface area contributed by atoms with Crippen LogP contribution in [0.4, 0.5) is 10.5 Å². The second-order valence-electron chi connectivity index (χ2n) is 7.61. The van der Waals surface area contributed by atoms with Crippen molar-refractivity contribution >= 4 is 21.6 Å². The summed E-state index contributed by atoms with van der Waals surface area (Å²) >= 11 is 0. The Bertz CT molecular complexity index is 1080. The number of hydrogen-bond acceptors (Lipinski definition) is 4. The van der Waals surface area contributed by atoms with E-state index in [0.29, 0.717) is 5.56 Å². The molecule has 2 amide bonds. The SMILES string of the molecule is Cc1cc(C)cc(N2C(=O)N(Cc3ccccc3C#N)[C@H]3CS(=O)(=O)C[C@@H]32)c1. The monoisotopic (exact) mass is 395 g/mol. The quantitative estimate of drug-likeness (QED) is 0.749. The van der Waals surface area contributed by atoms with Crippen LogP contribution in [0.15, 0.2) is 42.5 Å². The number of hydrogen-bond donors (Lipinski definition) is 0. The van der Waals surface area contributed by atoms with Crippen LogP contribution in [0.5, 0.6) is 0 Å². The molecule has 0 radical (unpaired) electrons. The van der Waals surface area contributed by atoms with Crippen molar-refractivity contribution in [1.29, 1.82) is 5.26 Å². The number of sulfone groups is 1. The molecule has 0 aliphatic carbocycles. The highest BCUT2D eigenvalue weighted by Gasteiger charge is 2.53. The zero-order valence-corrected chi connectivity index (χ0v) is 16.6. The van der Waals surface area contributed by atoms with Crippen LogP contribution < -0.4 is 4.90 Å². The number of nitrogens with zero attached hydrogens (tertiary/aromatic N) is 3. The van der Waals surface area contributed by atoms with Crippen molar-refractivity contribution in [3.8, 4) is 6.07 Å². The van der Waals surface area contributed by atoms with E-state index < -0.39 is 21.9 Å². The number of carbonyl (C=O) groups excluding carboxylic acids is 1. The smallest absolute Gasteiger partial charge is 0.314 e. The third-order valence-electron chi connectivity index (χ3n) is 5.44. The zero-order valence-electron chi connectivity index (χ0n) is 15.8. The molecule has 0 aromatic heterocycles. The van der Waals surface area contributed by atoms with Crippen molar-refractivity contribution in [1.82, 2.24) is 4.90 Å². The number of amides is 2. The lowest BCUT2D eigenvalue weighted by Crippen LogP contribution is -2.37. The standard InChI is InChI=1S/C21H21N3O3S/c1-14-7-15(2)9-18(8-14)24-20-13-28(26,27)12-19(20)23(21(24)25)11-17-6-4-3-5-16(17)10-22/h3-9,19-20H,11-13H2,1-2H3/t19-,20-/m0/s1. The molecular formula is C21H21N3O3S. The van der Waals surface area contributed by atoms with Gasteiger partial charge in [0.1, 0.15) is 0 Å². The summed E-state index contributed by atoms with van der Waals surface area (Å²) in [4.78, 5) is 16.6. The van der Waals surface area contributed by atoms with Crippen molar-refractivity contribution < 1.29 is 13.2 Å². The van der Waals surface area contributed by atoms with Gasteiger partial charge < -0.3 is 4.90 Å². The van der Waals surface area contributed by atoms with Gasteiger partial charge in [0.05, 0.1) is 35.2 Å². The lowest BCUT2D eigenvalue weighted by atomic mass is 10.1. The third kappa shape index (κ3) is 3.14. The number of carbonyl (C=O) groups is 1. The molecule has 2 fully saturated rings. The van der Waals surface area contributed by atoms with E-state index in [-0.39, 0.29) is 24.1 Å². The molecule has 2 aromatic rings. The van der Waals surface area contributed by atoms with E-state index in [1.165, 1.54) is 0 Å². The molecule has 0 N–H and O–H groups in total. The summed E-state index contributed by atoms with van der Waals surface area (Å²) < 4.78 is 24.7. The van der Waals surface area contributed by atoms with Crippen LogP contribution in [0, 0.1) is 25.2 Å². The number of anilines is 1. The number of nitriles is 1. The first-order valence-electron chi connectivity index (χ1n) is 9.15. The minimum Gasteiger partial charge on any atom is -0.314 e. The molecule has 0 spiro atoms. The Morgan fingerprint density at radius 1 is 1.07 bits per heavy atom. The fourth-order valence-electron chi connectivity index (χ4n) is 4.30. The van der Waals surface area contributed by atoms with E-state index in [1.807, 2.05) is 44.2 Å². The molecule has 2 atom stereocenters. The molecule has 144 valence electrons. The summed E-state index contributed by atoms with van der Waals surface area (Å²) in [5.41, 5.74) is 3.99. The van der Waals surface area contributed by atoms with Crippen LogP contribution >= 0.6 is 0 Å². The van der Waals surface area contributed by atoms with Gasteiger partial charge in [0.2, 0.25) is 0 Å². The van der Waals surface area contributed by atoms with Gasteiger partial charge in [-0.05, 0) is 48.7 Å². The third-order valence-corrected chi connectivity index (χ3v) is 7.14. The summed E-state index contributed by atoms with van der Waals surface area (Å²) in [5.74, 6) is -0.0772. The van der Waals surface area contributed by atoms with Crippen LogP contribution in [0.2, 0.25) is 0 Å². The van der Waals surface area contributed by atoms with Crippen LogP contribution in [0.3, 0.4) is 0 Å². The first-order valence-corrected chi connectivity index (χ1v) is 11.0. The van der Waals surface area contributed by atoms with E-state index in [2.05, 4.69) is 6.07 Å². The Labute approximate surface area is 164 Å². The minimum atomic E-state index is -3.23. The molecule has 4 rings (SSSR count). The number of benzene rings is 2. The summed E-state index contributed by atoms with van der Waals surface area (Å²) in [6.07, 6.45) is 0. The minimum absolute atomic E-state index is 0.0349. The number of aryl methyl sites for hydroxylation is 2. The van der Waals surface area contributed by atoms with Gasteiger partial charge in [-0.1, -0.05) is 24.3 Å². The molecule has 0 unspecified atom stereocenters. The number of urea groups is 1. The first kappa shape index (κ1) is 18.5. The highest BCUT2D eigenvalue weighted by molar-refractivity contribution is 7.91. The van der Waals surface area contributed by atoms with Gasteiger partial charge in [0.15, 0.2) is 9.84 Å². The molecule has 2 aliphatic rings. The predicted octanol–water partition coefficient (Wildman–Crippen LogP) is 2.78. The van der Waals surface area contributed by atoms with E-state index in [9.17, 15) is 18.5 Å². The maximum absolute atomic E-state index is 13.3. The summed E-state index contributed by atoms with van der Waals surface area (Å²) in [6.45, 7) is 4.14. The summed E-state index contributed by atoms with van der Waals surface area (Å²) in [6, 6.07) is 14.1. The molecule has 2 saturated heterocycles. The van der Waals surface area contributed by atoms with Gasteiger partial charge >= 0.3 is 6.03 Å². The van der Waals surface area contributed by atoms with Gasteiger partial charge in [-0.15, -0.1) is 0 Å². The van der Waals surface area contributed by atoms with Gasteiger partial charge in [0.25, 0.3) is 0 Å². The molecule has 0 saturated carbocycles. The average molecular weight is 395 g/mol. The van der Waals surface area contributed by atoms with Crippen molar-refractivity contribution in [2.45, 2.75) is 32.5 Å². The van der Waals surface area contributed by atoms with Crippen molar-refractivity contribution in [3.63, 3.8) is 0 Å². The lowest BCUT2D eigenvalue weighted by Gasteiger charge is -2.23. The van der Waals surface area contributed by atoms with E-state index in [1.54, 1.807) is 21.9 Å². The van der Waals surface area contributed by atoms with E-state index in [0.717, 1.165) is 22.4 Å². The largest absolute Gasteiger partial charge is 0.325 e. The molecule has 2 aromatic carbocycles. The molecule has 6 nitrogen and oxygen atoms in total. The first-order chi connectivity index (χ1) is 13.3. The van der Waals surface area contributed by atoms with Crippen molar-refractivity contribution in [3.05, 3.63) is 64.7 Å². The average Bonchev–Trinajstić information content (AvgIpc) is 3.05. The molecule has 0 bridgehead atoms. The Balaban J connectivity index is 1.76. The van der Waals surface area contributed by atoms with E-state index in [4.69, 9.17) is 0 Å². The Morgan fingerprint density at radius 3 is 2.39 bits per heavy atom. The number of rotatable bonds is 3. The topological polar surface area (TPSA) is 81.5 Å². The maximum Gasteiger partial charge on any atom is 0.325 e. The molecule has 7 heteroatoms. The molecule has 28 heavy (non-hydrogen) atoms. The van der Waals surface area contributed by atoms with Crippen LogP contribution in [-0.4, -0.2) is 42.9 Å². The Hall–Kier alpha value is -2.85.